The minimum Gasteiger partial charge on any atom is -0.0688 e. The van der Waals surface area contributed by atoms with Gasteiger partial charge >= 0.3 is 0 Å². The van der Waals surface area contributed by atoms with Crippen molar-refractivity contribution >= 4 is 7.85 Å². The van der Waals surface area contributed by atoms with Gasteiger partial charge in [-0.25, -0.2) is 0 Å². The van der Waals surface area contributed by atoms with Crippen LogP contribution >= 0.6 is 0 Å². The normalized spacial score (nSPS) is 50.9. The van der Waals surface area contributed by atoms with Crippen LogP contribution in [0.4, 0.5) is 0 Å². The van der Waals surface area contributed by atoms with E-state index in [9.17, 15) is 0 Å². The summed E-state index contributed by atoms with van der Waals surface area (Å²) in [6, 6.07) is 0. The fourth-order valence-electron chi connectivity index (χ4n) is 3.51. The van der Waals surface area contributed by atoms with Gasteiger partial charge in [0.1, 0.15) is 0 Å². The van der Waals surface area contributed by atoms with E-state index in [0.717, 1.165) is 17.8 Å². The van der Waals surface area contributed by atoms with Crippen LogP contribution in [0.1, 0.15) is 40.0 Å². The Balaban J connectivity index is 2.24. The van der Waals surface area contributed by atoms with E-state index in [0.29, 0.717) is 11.2 Å². The summed E-state index contributed by atoms with van der Waals surface area (Å²) in [4.78, 5) is 0. The summed E-state index contributed by atoms with van der Waals surface area (Å²) in [6.07, 6.45) is 4.20. The highest BCUT2D eigenvalue weighted by Gasteiger charge is 2.55. The summed E-state index contributed by atoms with van der Waals surface area (Å²) < 4.78 is 0. The minimum absolute atomic E-state index is 0.483. The molecule has 4 atom stereocenters. The Kier molecular flexibility index (Phi) is 1.82. The van der Waals surface area contributed by atoms with Crippen molar-refractivity contribution in [3.05, 3.63) is 0 Å². The van der Waals surface area contributed by atoms with Crippen molar-refractivity contribution in [3.8, 4) is 0 Å². The molecule has 0 nitrogen and oxygen atoms in total. The Hall–Kier alpha value is 0.0649. The van der Waals surface area contributed by atoms with Crippen LogP contribution in [0.15, 0.2) is 0 Å². The number of rotatable bonds is 0. The predicted molar refractivity (Wildman–Crippen MR) is 53.3 cm³/mol. The van der Waals surface area contributed by atoms with Gasteiger partial charge in [0.15, 0.2) is 0 Å². The second-order valence-corrected chi connectivity index (χ2v) is 5.12. The van der Waals surface area contributed by atoms with Gasteiger partial charge in [-0.1, -0.05) is 33.0 Å². The van der Waals surface area contributed by atoms with Gasteiger partial charge in [-0.05, 0) is 36.0 Å². The van der Waals surface area contributed by atoms with E-state index in [1.165, 1.54) is 19.3 Å². The lowest BCUT2D eigenvalue weighted by Gasteiger charge is -2.47. The van der Waals surface area contributed by atoms with E-state index in [4.69, 9.17) is 7.85 Å². The molecule has 0 N–H and O–H groups in total. The summed E-state index contributed by atoms with van der Waals surface area (Å²) in [6.45, 7) is 7.12. The standard InChI is InChI=1S/C11H19B/c1-7-8(2)10(12)11(9(7)3)5-4-6-11/h7-10H,4-6H2,1-3H3. The smallest absolute Gasteiger partial charge is 0.0688 e. The quantitative estimate of drug-likeness (QED) is 0.480. The fraction of sp³-hybridized carbons (Fsp3) is 1.00. The van der Waals surface area contributed by atoms with Crippen LogP contribution in [0.2, 0.25) is 5.82 Å². The van der Waals surface area contributed by atoms with E-state index < -0.39 is 0 Å². The Morgan fingerprint density at radius 3 is 1.83 bits per heavy atom. The van der Waals surface area contributed by atoms with Crippen molar-refractivity contribution in [2.75, 3.05) is 0 Å². The van der Waals surface area contributed by atoms with Crippen LogP contribution in [0.5, 0.6) is 0 Å². The molecular formula is C11H19B. The van der Waals surface area contributed by atoms with Gasteiger partial charge in [-0.2, -0.15) is 0 Å². The highest BCUT2D eigenvalue weighted by molar-refractivity contribution is 6.12. The first-order valence-corrected chi connectivity index (χ1v) is 5.35. The lowest BCUT2D eigenvalue weighted by atomic mass is 9.52. The molecular weight excluding hydrogens is 143 g/mol. The monoisotopic (exact) mass is 162 g/mol. The largest absolute Gasteiger partial charge is 0.0710 e. The number of hydrogen-bond acceptors (Lipinski definition) is 0. The molecule has 0 heterocycles. The van der Waals surface area contributed by atoms with Gasteiger partial charge in [0.25, 0.3) is 0 Å². The van der Waals surface area contributed by atoms with E-state index in [1.54, 1.807) is 0 Å². The maximum Gasteiger partial charge on any atom is 0.0710 e. The van der Waals surface area contributed by atoms with Crippen LogP contribution in [0, 0.1) is 23.2 Å². The second-order valence-electron chi connectivity index (χ2n) is 5.12. The van der Waals surface area contributed by atoms with Gasteiger partial charge < -0.3 is 0 Å². The van der Waals surface area contributed by atoms with Crippen LogP contribution < -0.4 is 0 Å². The summed E-state index contributed by atoms with van der Waals surface area (Å²) in [5, 5.41) is 0. The molecule has 4 unspecified atom stereocenters. The van der Waals surface area contributed by atoms with Gasteiger partial charge in [0.05, 0.1) is 7.85 Å². The van der Waals surface area contributed by atoms with Gasteiger partial charge in [-0.3, -0.25) is 0 Å². The first-order chi connectivity index (χ1) is 5.59. The highest BCUT2D eigenvalue weighted by atomic mass is 14.6. The van der Waals surface area contributed by atoms with E-state index in [-0.39, 0.29) is 0 Å². The van der Waals surface area contributed by atoms with Gasteiger partial charge in [-0.15, -0.1) is 0 Å². The average molecular weight is 162 g/mol. The molecule has 12 heavy (non-hydrogen) atoms. The molecule has 0 aromatic carbocycles. The molecule has 2 rings (SSSR count). The molecule has 0 bridgehead atoms. The SMILES string of the molecule is [B]C1C(C)C(C)C(C)C12CCC2. The maximum atomic E-state index is 6.30. The first kappa shape index (κ1) is 8.65. The van der Waals surface area contributed by atoms with Gasteiger partial charge in [0, 0.05) is 0 Å². The molecule has 2 radical (unpaired) electrons. The van der Waals surface area contributed by atoms with E-state index in [2.05, 4.69) is 20.8 Å². The van der Waals surface area contributed by atoms with Crippen molar-refractivity contribution in [3.63, 3.8) is 0 Å². The highest BCUT2D eigenvalue weighted by Crippen LogP contribution is 2.65. The third kappa shape index (κ3) is 0.804. The van der Waals surface area contributed by atoms with Crippen molar-refractivity contribution in [1.82, 2.24) is 0 Å². The Labute approximate surface area is 77.5 Å². The van der Waals surface area contributed by atoms with Crippen LogP contribution in [-0.4, -0.2) is 7.85 Å². The summed E-state index contributed by atoms with van der Waals surface area (Å²) in [5.41, 5.74) is 0.554. The molecule has 2 saturated carbocycles. The Morgan fingerprint density at radius 2 is 1.67 bits per heavy atom. The second kappa shape index (κ2) is 2.53. The topological polar surface area (TPSA) is 0 Å². The first-order valence-electron chi connectivity index (χ1n) is 5.35. The zero-order chi connectivity index (χ0) is 8.93. The van der Waals surface area contributed by atoms with Crippen LogP contribution in [0.25, 0.3) is 0 Å². The zero-order valence-electron chi connectivity index (χ0n) is 8.51. The summed E-state index contributed by atoms with van der Waals surface area (Å²) >= 11 is 0. The molecule has 2 aliphatic rings. The number of hydrogen-bond donors (Lipinski definition) is 0. The maximum absolute atomic E-state index is 6.30. The van der Waals surface area contributed by atoms with Crippen LogP contribution in [0.3, 0.4) is 0 Å². The zero-order valence-corrected chi connectivity index (χ0v) is 8.51. The Bertz CT molecular complexity index is 167. The van der Waals surface area contributed by atoms with Crippen LogP contribution in [-0.2, 0) is 0 Å². The fourth-order valence-corrected chi connectivity index (χ4v) is 3.51. The van der Waals surface area contributed by atoms with Crippen molar-refractivity contribution < 1.29 is 0 Å². The van der Waals surface area contributed by atoms with E-state index in [1.807, 2.05) is 0 Å². The third-order valence-corrected chi connectivity index (χ3v) is 5.04. The molecule has 2 fully saturated rings. The molecule has 0 aromatic rings. The minimum atomic E-state index is 0.483. The predicted octanol–water partition coefficient (Wildman–Crippen LogP) is 3.04. The summed E-state index contributed by atoms with van der Waals surface area (Å²) in [7, 11) is 6.30. The molecule has 66 valence electrons. The average Bonchev–Trinajstić information content (AvgIpc) is 2.13. The molecule has 0 saturated heterocycles. The van der Waals surface area contributed by atoms with Crippen molar-refractivity contribution in [1.29, 1.82) is 0 Å². The summed E-state index contributed by atoms with van der Waals surface area (Å²) in [5.74, 6) is 2.91. The molecule has 0 aromatic heterocycles. The molecule has 1 spiro atoms. The molecule has 0 aliphatic heterocycles. The lowest BCUT2D eigenvalue weighted by Crippen LogP contribution is -2.36. The van der Waals surface area contributed by atoms with Crippen molar-refractivity contribution in [2.45, 2.75) is 45.9 Å². The molecule has 2 aliphatic carbocycles. The third-order valence-electron chi connectivity index (χ3n) is 5.04. The van der Waals surface area contributed by atoms with Crippen molar-refractivity contribution in [2.24, 2.45) is 23.2 Å². The van der Waals surface area contributed by atoms with E-state index >= 15 is 0 Å². The van der Waals surface area contributed by atoms with Gasteiger partial charge in [0.2, 0.25) is 0 Å². The Morgan fingerprint density at radius 1 is 1.08 bits per heavy atom. The molecule has 0 amide bonds. The molecule has 1 heteroatoms. The lowest BCUT2D eigenvalue weighted by molar-refractivity contribution is 0.0766.